The van der Waals surface area contributed by atoms with Crippen LogP contribution in [0.15, 0.2) is 66.7 Å². The zero-order valence-corrected chi connectivity index (χ0v) is 18.9. The molecule has 3 aromatic rings. The lowest BCUT2D eigenvalue weighted by Gasteiger charge is -2.25. The molecule has 0 spiro atoms. The highest BCUT2D eigenvalue weighted by Crippen LogP contribution is 2.31. The van der Waals surface area contributed by atoms with E-state index in [4.69, 9.17) is 9.47 Å². The fourth-order valence-corrected chi connectivity index (χ4v) is 4.70. The van der Waals surface area contributed by atoms with Crippen LogP contribution >= 0.6 is 0 Å². The topological polar surface area (TPSA) is 18.5 Å². The van der Waals surface area contributed by atoms with Crippen LogP contribution in [0.4, 0.5) is 0 Å². The van der Waals surface area contributed by atoms with Crippen molar-refractivity contribution in [1.82, 2.24) is 0 Å². The second kappa shape index (κ2) is 11.3. The average Bonchev–Trinajstić information content (AvgIpc) is 2.83. The van der Waals surface area contributed by atoms with Gasteiger partial charge in [0, 0.05) is 5.56 Å². The molecule has 3 aromatic carbocycles. The van der Waals surface area contributed by atoms with Crippen LogP contribution in [0.2, 0.25) is 0 Å². The van der Waals surface area contributed by atoms with Gasteiger partial charge in [-0.05, 0) is 53.6 Å². The third-order valence-electron chi connectivity index (χ3n) is 6.58. The molecule has 0 heterocycles. The van der Waals surface area contributed by atoms with Gasteiger partial charge in [-0.1, -0.05) is 100 Å². The van der Waals surface area contributed by atoms with Crippen molar-refractivity contribution in [3.63, 3.8) is 0 Å². The van der Waals surface area contributed by atoms with Gasteiger partial charge in [-0.3, -0.25) is 0 Å². The first-order valence-corrected chi connectivity index (χ1v) is 12.2. The van der Waals surface area contributed by atoms with Crippen LogP contribution in [0.25, 0.3) is 10.8 Å². The molecule has 0 aliphatic heterocycles. The van der Waals surface area contributed by atoms with Gasteiger partial charge in [-0.2, -0.15) is 0 Å². The Labute approximate surface area is 187 Å². The van der Waals surface area contributed by atoms with Crippen molar-refractivity contribution in [1.29, 1.82) is 0 Å². The van der Waals surface area contributed by atoms with Crippen LogP contribution in [0.3, 0.4) is 0 Å². The summed E-state index contributed by atoms with van der Waals surface area (Å²) >= 11 is 0. The third kappa shape index (κ3) is 6.11. The summed E-state index contributed by atoms with van der Waals surface area (Å²) in [7, 11) is 0. The van der Waals surface area contributed by atoms with E-state index in [-0.39, 0.29) is 0 Å². The Morgan fingerprint density at radius 2 is 1.65 bits per heavy atom. The van der Waals surface area contributed by atoms with Crippen LogP contribution < -0.4 is 4.74 Å². The van der Waals surface area contributed by atoms with Gasteiger partial charge in [0.1, 0.15) is 5.75 Å². The van der Waals surface area contributed by atoms with Crippen LogP contribution in [0.5, 0.6) is 5.75 Å². The smallest absolute Gasteiger partial charge is 0.227 e. The maximum atomic E-state index is 6.44. The van der Waals surface area contributed by atoms with Crippen LogP contribution in [-0.4, -0.2) is 6.61 Å². The molecule has 0 bridgehead atoms. The first-order chi connectivity index (χ1) is 15.3. The summed E-state index contributed by atoms with van der Waals surface area (Å²) in [6.45, 7) is 2.98. The van der Waals surface area contributed by atoms with Gasteiger partial charge in [-0.15, -0.1) is 0 Å². The minimum atomic E-state index is -0.392. The van der Waals surface area contributed by atoms with E-state index in [9.17, 15) is 0 Å². The number of benzene rings is 3. The Morgan fingerprint density at radius 3 is 2.45 bits per heavy atom. The minimum absolute atomic E-state index is 0.392. The first kappa shape index (κ1) is 21.9. The van der Waals surface area contributed by atoms with Crippen molar-refractivity contribution >= 4 is 10.8 Å². The molecule has 1 aliphatic carbocycles. The molecule has 4 rings (SSSR count). The predicted molar refractivity (Wildman–Crippen MR) is 130 cm³/mol. The van der Waals surface area contributed by atoms with E-state index in [0.717, 1.165) is 36.7 Å². The van der Waals surface area contributed by atoms with Gasteiger partial charge in [0.25, 0.3) is 0 Å². The van der Waals surface area contributed by atoms with E-state index >= 15 is 0 Å². The fraction of sp³-hybridized carbons (Fsp3) is 0.448. The first-order valence-electron chi connectivity index (χ1n) is 12.2. The summed E-state index contributed by atoms with van der Waals surface area (Å²) in [6, 6.07) is 23.5. The molecule has 1 atom stereocenters. The van der Waals surface area contributed by atoms with Crippen molar-refractivity contribution in [3.8, 4) is 5.75 Å². The van der Waals surface area contributed by atoms with Gasteiger partial charge in [0.15, 0.2) is 0 Å². The molecule has 0 radical (unpaired) electrons. The van der Waals surface area contributed by atoms with Gasteiger partial charge >= 0.3 is 0 Å². The van der Waals surface area contributed by atoms with E-state index in [2.05, 4.69) is 73.7 Å². The molecule has 1 saturated carbocycles. The Hall–Kier alpha value is -2.32. The van der Waals surface area contributed by atoms with Gasteiger partial charge in [-0.25, -0.2) is 0 Å². The highest BCUT2D eigenvalue weighted by atomic mass is 16.7. The maximum Gasteiger partial charge on any atom is 0.227 e. The summed E-state index contributed by atoms with van der Waals surface area (Å²) in [4.78, 5) is 0. The van der Waals surface area contributed by atoms with Crippen molar-refractivity contribution in [3.05, 3.63) is 77.9 Å². The Morgan fingerprint density at radius 1 is 0.871 bits per heavy atom. The number of aryl methyl sites for hydroxylation is 1. The second-order valence-corrected chi connectivity index (χ2v) is 8.93. The summed E-state index contributed by atoms with van der Waals surface area (Å²) < 4.78 is 12.9. The summed E-state index contributed by atoms with van der Waals surface area (Å²) in [5.74, 6) is 1.68. The molecule has 0 amide bonds. The second-order valence-electron chi connectivity index (χ2n) is 8.93. The molecule has 1 aliphatic rings. The normalized spacial score (nSPS) is 15.8. The molecule has 31 heavy (non-hydrogen) atoms. The van der Waals surface area contributed by atoms with E-state index < -0.39 is 6.29 Å². The van der Waals surface area contributed by atoms with Crippen molar-refractivity contribution in [2.24, 2.45) is 5.92 Å². The molecule has 164 valence electrons. The number of ether oxygens (including phenoxy) is 2. The van der Waals surface area contributed by atoms with Crippen molar-refractivity contribution < 1.29 is 9.47 Å². The lowest BCUT2D eigenvalue weighted by molar-refractivity contribution is -0.0868. The Kier molecular flexibility index (Phi) is 8.01. The zero-order chi connectivity index (χ0) is 21.3. The van der Waals surface area contributed by atoms with E-state index in [1.165, 1.54) is 61.3 Å². The highest BCUT2D eigenvalue weighted by molar-refractivity contribution is 5.85. The lowest BCUT2D eigenvalue weighted by atomic mass is 9.87. The highest BCUT2D eigenvalue weighted by Gasteiger charge is 2.19. The summed E-state index contributed by atoms with van der Waals surface area (Å²) in [5, 5.41) is 2.42. The van der Waals surface area contributed by atoms with Crippen molar-refractivity contribution in [2.45, 2.75) is 71.0 Å². The SMILES string of the molecule is CCCCc1ccc(OC(OCCC2CCCCC2)c2cccc3ccccc23)cc1. The Bertz CT molecular complexity index is 920. The van der Waals surface area contributed by atoms with Crippen molar-refractivity contribution in [2.75, 3.05) is 6.61 Å². The van der Waals surface area contributed by atoms with Gasteiger partial charge in [0.05, 0.1) is 6.61 Å². The third-order valence-corrected chi connectivity index (χ3v) is 6.58. The van der Waals surface area contributed by atoms with E-state index in [0.29, 0.717) is 0 Å². The number of unbranched alkanes of at least 4 members (excludes halogenated alkanes) is 1. The van der Waals surface area contributed by atoms with Crippen LogP contribution in [-0.2, 0) is 11.2 Å². The largest absolute Gasteiger partial charge is 0.461 e. The maximum absolute atomic E-state index is 6.44. The molecule has 1 fully saturated rings. The standard InChI is InChI=1S/C29H36O2/c1-2-3-10-24-17-19-26(20-18-24)31-29(30-22-21-23-11-5-4-6-12-23)28-16-9-14-25-13-7-8-15-27(25)28/h7-9,13-20,23,29H,2-6,10-12,21-22H2,1H3. The Balaban J connectivity index is 1.50. The molecular weight excluding hydrogens is 380 g/mol. The zero-order valence-electron chi connectivity index (χ0n) is 18.9. The molecule has 1 unspecified atom stereocenters. The van der Waals surface area contributed by atoms with E-state index in [1.807, 2.05) is 0 Å². The fourth-order valence-electron chi connectivity index (χ4n) is 4.70. The molecule has 0 aromatic heterocycles. The van der Waals surface area contributed by atoms with Gasteiger partial charge < -0.3 is 9.47 Å². The van der Waals surface area contributed by atoms with E-state index in [1.54, 1.807) is 0 Å². The number of rotatable bonds is 10. The quantitative estimate of drug-likeness (QED) is 0.310. The molecule has 0 N–H and O–H groups in total. The molecule has 0 saturated heterocycles. The average molecular weight is 417 g/mol. The number of hydrogen-bond acceptors (Lipinski definition) is 2. The lowest BCUT2D eigenvalue weighted by Crippen LogP contribution is -2.16. The predicted octanol–water partition coefficient (Wildman–Crippen LogP) is 8.25. The molecule has 2 heteroatoms. The number of hydrogen-bond donors (Lipinski definition) is 0. The molecular formula is C29H36O2. The summed E-state index contributed by atoms with van der Waals surface area (Å²) in [6.07, 6.45) is 11.1. The number of fused-ring (bicyclic) bond motifs is 1. The molecule has 2 nitrogen and oxygen atoms in total. The minimum Gasteiger partial charge on any atom is -0.461 e. The monoisotopic (exact) mass is 416 g/mol. The van der Waals surface area contributed by atoms with Crippen LogP contribution in [0.1, 0.15) is 75.7 Å². The summed E-state index contributed by atoms with van der Waals surface area (Å²) in [5.41, 5.74) is 2.48. The van der Waals surface area contributed by atoms with Crippen LogP contribution in [0, 0.1) is 5.92 Å². The van der Waals surface area contributed by atoms with Gasteiger partial charge in [0.2, 0.25) is 6.29 Å².